The fourth-order valence-electron chi connectivity index (χ4n) is 1.51. The molecule has 1 saturated carbocycles. The van der Waals surface area contributed by atoms with Crippen LogP contribution < -0.4 is 0 Å². The highest BCUT2D eigenvalue weighted by molar-refractivity contribution is 7.16. The molecule has 1 aliphatic carbocycles. The molecule has 0 nitrogen and oxygen atoms in total. The van der Waals surface area contributed by atoms with Gasteiger partial charge in [-0.3, -0.25) is 0 Å². The van der Waals surface area contributed by atoms with Crippen molar-refractivity contribution in [1.29, 1.82) is 0 Å². The number of rotatable bonds is 3. The highest BCUT2D eigenvalue weighted by Gasteiger charge is 2.07. The quantitative estimate of drug-likeness (QED) is 0.587. The topological polar surface area (TPSA) is 0 Å². The minimum atomic E-state index is 1.12. The van der Waals surface area contributed by atoms with Gasteiger partial charge in [0.15, 0.2) is 0 Å². The van der Waals surface area contributed by atoms with Crippen molar-refractivity contribution in [2.45, 2.75) is 52.4 Å². The van der Waals surface area contributed by atoms with E-state index in [2.05, 4.69) is 47.9 Å². The Morgan fingerprint density at radius 2 is 1.88 bits per heavy atom. The molecule has 92 valence electrons. The van der Waals surface area contributed by atoms with Gasteiger partial charge in [-0.05, 0) is 43.8 Å². The molecule has 0 aromatic rings. The molecule has 1 atom stereocenters. The Morgan fingerprint density at radius 1 is 1.25 bits per heavy atom. The summed E-state index contributed by atoms with van der Waals surface area (Å²) in [6.07, 6.45) is 15.3. The van der Waals surface area contributed by atoms with E-state index in [4.69, 9.17) is 0 Å². The smallest absolute Gasteiger partial charge is 0.0276 e. The van der Waals surface area contributed by atoms with E-state index in [1.807, 2.05) is 0 Å². The number of hydrogen-bond donors (Lipinski definition) is 0. The van der Waals surface area contributed by atoms with Crippen molar-refractivity contribution in [3.8, 4) is 0 Å². The molecule has 0 radical (unpaired) electrons. The predicted molar refractivity (Wildman–Crippen MR) is 80.0 cm³/mol. The predicted octanol–water partition coefficient (Wildman–Crippen LogP) is 5.28. The molecule has 0 bridgehead atoms. The highest BCUT2D eigenvalue weighted by atomic mass is 31.0. The van der Waals surface area contributed by atoms with Gasteiger partial charge in [-0.15, -0.1) is 9.24 Å². The largest absolute Gasteiger partial charge is 0.138 e. The number of allylic oxidation sites excluding steroid dienone is 5. The third kappa shape index (κ3) is 7.88. The monoisotopic (exact) mass is 238 g/mol. The molecule has 1 fully saturated rings. The van der Waals surface area contributed by atoms with Gasteiger partial charge in [-0.1, -0.05) is 50.6 Å². The van der Waals surface area contributed by atoms with Crippen LogP contribution in [0, 0.1) is 0 Å². The summed E-state index contributed by atoms with van der Waals surface area (Å²) < 4.78 is 0. The van der Waals surface area contributed by atoms with E-state index in [1.165, 1.54) is 49.4 Å². The van der Waals surface area contributed by atoms with Crippen LogP contribution in [0.25, 0.3) is 0 Å². The minimum absolute atomic E-state index is 1.12. The van der Waals surface area contributed by atoms with Gasteiger partial charge in [0.05, 0.1) is 0 Å². The van der Waals surface area contributed by atoms with Crippen molar-refractivity contribution < 1.29 is 0 Å². The van der Waals surface area contributed by atoms with Crippen LogP contribution in [0.3, 0.4) is 0 Å². The Hall–Kier alpha value is -0.350. The standard InChI is InChI=1S/C12H18.C3H9P/c1-3-4-5-9-12-10-7-6-8-11(12)2;1-2-3-4/h4-5,9H,2-3,6-8,10H2,1H3;2-4H2,1H3/b5-4-,12-9-;. The normalized spacial score (nSPS) is 18.7. The van der Waals surface area contributed by atoms with Crippen molar-refractivity contribution >= 4 is 9.24 Å². The van der Waals surface area contributed by atoms with Gasteiger partial charge < -0.3 is 0 Å². The van der Waals surface area contributed by atoms with E-state index in [9.17, 15) is 0 Å². The SMILES string of the molecule is C=C1CCCC/C1=C/C=C\CC.CCCP. The first-order valence-electron chi connectivity index (χ1n) is 6.50. The zero-order valence-electron chi connectivity index (χ0n) is 11.0. The van der Waals surface area contributed by atoms with Crippen LogP contribution in [0.4, 0.5) is 0 Å². The van der Waals surface area contributed by atoms with E-state index >= 15 is 0 Å². The molecule has 1 unspecified atom stereocenters. The summed E-state index contributed by atoms with van der Waals surface area (Å²) >= 11 is 0. The maximum atomic E-state index is 4.07. The molecule has 1 aliphatic rings. The van der Waals surface area contributed by atoms with Gasteiger partial charge in [0.2, 0.25) is 0 Å². The summed E-state index contributed by atoms with van der Waals surface area (Å²) in [5.74, 6) is 0. The van der Waals surface area contributed by atoms with Crippen LogP contribution in [0.2, 0.25) is 0 Å². The molecule has 1 heteroatoms. The number of hydrogen-bond acceptors (Lipinski definition) is 0. The minimum Gasteiger partial charge on any atom is -0.138 e. The first-order chi connectivity index (χ1) is 7.76. The van der Waals surface area contributed by atoms with Crippen LogP contribution in [-0.2, 0) is 0 Å². The molecule has 0 heterocycles. The lowest BCUT2D eigenvalue weighted by atomic mass is 9.90. The molecular formula is C15H27P. The summed E-state index contributed by atoms with van der Waals surface area (Å²) in [5, 5.41) is 0. The van der Waals surface area contributed by atoms with E-state index < -0.39 is 0 Å². The van der Waals surface area contributed by atoms with Gasteiger partial charge in [0.1, 0.15) is 0 Å². The molecule has 16 heavy (non-hydrogen) atoms. The molecule has 1 rings (SSSR count). The molecule has 0 N–H and O–H groups in total. The fourth-order valence-corrected chi connectivity index (χ4v) is 1.51. The lowest BCUT2D eigenvalue weighted by Crippen LogP contribution is -1.96. The lowest BCUT2D eigenvalue weighted by molar-refractivity contribution is 0.681. The Balaban J connectivity index is 0.000000487. The van der Waals surface area contributed by atoms with Gasteiger partial charge in [-0.2, -0.15) is 0 Å². The Morgan fingerprint density at radius 3 is 2.38 bits per heavy atom. The van der Waals surface area contributed by atoms with Crippen molar-refractivity contribution in [3.05, 3.63) is 36.0 Å². The Kier molecular flexibility index (Phi) is 10.9. The highest BCUT2D eigenvalue weighted by Crippen LogP contribution is 2.26. The summed E-state index contributed by atoms with van der Waals surface area (Å²) in [6, 6.07) is 0. The molecule has 0 aromatic carbocycles. The van der Waals surface area contributed by atoms with E-state index in [0.717, 1.165) is 6.42 Å². The van der Waals surface area contributed by atoms with Crippen molar-refractivity contribution in [2.75, 3.05) is 6.16 Å². The average molecular weight is 238 g/mol. The summed E-state index contributed by atoms with van der Waals surface area (Å²) in [5.41, 5.74) is 2.81. The van der Waals surface area contributed by atoms with Gasteiger partial charge in [0.25, 0.3) is 0 Å². The van der Waals surface area contributed by atoms with Crippen LogP contribution in [0.5, 0.6) is 0 Å². The maximum Gasteiger partial charge on any atom is -0.0276 e. The Bertz CT molecular complexity index is 234. The van der Waals surface area contributed by atoms with Crippen LogP contribution in [0.15, 0.2) is 36.0 Å². The Labute approximate surface area is 104 Å². The molecular weight excluding hydrogens is 211 g/mol. The van der Waals surface area contributed by atoms with Crippen molar-refractivity contribution in [3.63, 3.8) is 0 Å². The zero-order chi connectivity index (χ0) is 12.2. The first kappa shape index (κ1) is 15.7. The van der Waals surface area contributed by atoms with Gasteiger partial charge in [-0.25, -0.2) is 0 Å². The third-order valence-electron chi connectivity index (χ3n) is 2.59. The average Bonchev–Trinajstić information content (AvgIpc) is 2.32. The first-order valence-corrected chi connectivity index (χ1v) is 7.31. The summed E-state index contributed by atoms with van der Waals surface area (Å²) in [6.45, 7) is 8.39. The van der Waals surface area contributed by atoms with E-state index in [1.54, 1.807) is 0 Å². The second-order valence-electron chi connectivity index (χ2n) is 4.13. The van der Waals surface area contributed by atoms with E-state index in [0.29, 0.717) is 0 Å². The molecule has 0 aromatic heterocycles. The van der Waals surface area contributed by atoms with Crippen molar-refractivity contribution in [2.24, 2.45) is 0 Å². The maximum absolute atomic E-state index is 4.07. The summed E-state index contributed by atoms with van der Waals surface area (Å²) in [4.78, 5) is 0. The molecule has 0 amide bonds. The molecule has 0 spiro atoms. The van der Waals surface area contributed by atoms with Crippen LogP contribution in [-0.4, -0.2) is 6.16 Å². The molecule has 0 saturated heterocycles. The lowest BCUT2D eigenvalue weighted by Gasteiger charge is -2.15. The third-order valence-corrected chi connectivity index (χ3v) is 3.16. The van der Waals surface area contributed by atoms with Crippen LogP contribution in [0.1, 0.15) is 52.4 Å². The van der Waals surface area contributed by atoms with Crippen LogP contribution >= 0.6 is 9.24 Å². The summed E-state index contributed by atoms with van der Waals surface area (Å²) in [7, 11) is 2.66. The second-order valence-corrected chi connectivity index (χ2v) is 4.70. The zero-order valence-corrected chi connectivity index (χ0v) is 12.1. The van der Waals surface area contributed by atoms with Crippen molar-refractivity contribution in [1.82, 2.24) is 0 Å². The van der Waals surface area contributed by atoms with Gasteiger partial charge in [0, 0.05) is 0 Å². The molecule has 0 aliphatic heterocycles. The van der Waals surface area contributed by atoms with Gasteiger partial charge >= 0.3 is 0 Å². The fraction of sp³-hybridized carbons (Fsp3) is 0.600. The van der Waals surface area contributed by atoms with E-state index in [-0.39, 0.29) is 0 Å². The second kappa shape index (κ2) is 11.1.